The number of rotatable bonds is 7. The molecule has 0 heterocycles. The first-order valence-electron chi connectivity index (χ1n) is 7.08. The molecule has 0 bridgehead atoms. The third-order valence-corrected chi connectivity index (χ3v) is 4.08. The van der Waals surface area contributed by atoms with Gasteiger partial charge in [0.15, 0.2) is 5.78 Å². The van der Waals surface area contributed by atoms with E-state index in [2.05, 4.69) is 31.2 Å². The number of carbonyl (C=O) groups is 1. The fraction of sp³-hybridized carbons (Fsp3) is 0.278. The largest absolute Gasteiger partial charge is 0.494 e. The standard InChI is InChI=1S/C18H20O2S/c1-3-20-17-9-7-16(8-10-17)18(19)13-21-12-15-6-4-5-14(2)11-15/h4-11H,3,12-13H2,1-2H3. The number of ether oxygens (including phenoxy) is 1. The number of carbonyl (C=O) groups excluding carboxylic acids is 1. The van der Waals surface area contributed by atoms with Gasteiger partial charge >= 0.3 is 0 Å². The Labute approximate surface area is 130 Å². The van der Waals surface area contributed by atoms with E-state index in [9.17, 15) is 4.79 Å². The van der Waals surface area contributed by atoms with Crippen LogP contribution < -0.4 is 4.74 Å². The Morgan fingerprint density at radius 1 is 1.14 bits per heavy atom. The van der Waals surface area contributed by atoms with E-state index in [0.717, 1.165) is 17.1 Å². The minimum Gasteiger partial charge on any atom is -0.494 e. The summed E-state index contributed by atoms with van der Waals surface area (Å²) in [5.74, 6) is 2.34. The second kappa shape index (κ2) is 7.89. The average Bonchev–Trinajstić information content (AvgIpc) is 2.48. The normalized spacial score (nSPS) is 10.4. The Balaban J connectivity index is 1.84. The van der Waals surface area contributed by atoms with Crippen molar-refractivity contribution in [1.82, 2.24) is 0 Å². The van der Waals surface area contributed by atoms with E-state index in [0.29, 0.717) is 12.4 Å². The SMILES string of the molecule is CCOc1ccc(C(=O)CSCc2cccc(C)c2)cc1. The molecule has 3 heteroatoms. The second-order valence-electron chi connectivity index (χ2n) is 4.86. The number of thioether (sulfide) groups is 1. The Kier molecular flexibility index (Phi) is 5.88. The van der Waals surface area contributed by atoms with Crippen molar-refractivity contribution < 1.29 is 9.53 Å². The first-order valence-corrected chi connectivity index (χ1v) is 8.24. The zero-order valence-corrected chi connectivity index (χ0v) is 13.3. The molecule has 0 saturated heterocycles. The Morgan fingerprint density at radius 3 is 2.57 bits per heavy atom. The maximum atomic E-state index is 12.1. The van der Waals surface area contributed by atoms with E-state index in [1.807, 2.05) is 31.2 Å². The van der Waals surface area contributed by atoms with Crippen LogP contribution in [-0.2, 0) is 5.75 Å². The molecule has 0 aliphatic heterocycles. The van der Waals surface area contributed by atoms with Crippen LogP contribution in [0.15, 0.2) is 48.5 Å². The van der Waals surface area contributed by atoms with Gasteiger partial charge in [-0.1, -0.05) is 29.8 Å². The third-order valence-electron chi connectivity index (χ3n) is 3.07. The smallest absolute Gasteiger partial charge is 0.172 e. The summed E-state index contributed by atoms with van der Waals surface area (Å²) < 4.78 is 5.37. The highest BCUT2D eigenvalue weighted by molar-refractivity contribution is 7.99. The van der Waals surface area contributed by atoms with Crippen molar-refractivity contribution in [2.24, 2.45) is 0 Å². The minimum atomic E-state index is 0.163. The fourth-order valence-electron chi connectivity index (χ4n) is 2.05. The van der Waals surface area contributed by atoms with E-state index in [1.54, 1.807) is 11.8 Å². The van der Waals surface area contributed by atoms with Crippen molar-refractivity contribution in [3.05, 3.63) is 65.2 Å². The molecular formula is C18H20O2S. The van der Waals surface area contributed by atoms with Crippen LogP contribution in [0, 0.1) is 6.92 Å². The van der Waals surface area contributed by atoms with Gasteiger partial charge in [0.05, 0.1) is 12.4 Å². The highest BCUT2D eigenvalue weighted by Gasteiger charge is 2.06. The molecule has 0 amide bonds. The summed E-state index contributed by atoms with van der Waals surface area (Å²) in [7, 11) is 0. The van der Waals surface area contributed by atoms with Gasteiger partial charge in [-0.15, -0.1) is 11.8 Å². The quantitative estimate of drug-likeness (QED) is 0.704. The lowest BCUT2D eigenvalue weighted by molar-refractivity contribution is 0.102. The molecule has 2 aromatic rings. The van der Waals surface area contributed by atoms with Crippen molar-refractivity contribution in [3.63, 3.8) is 0 Å². The molecule has 0 unspecified atom stereocenters. The van der Waals surface area contributed by atoms with E-state index in [4.69, 9.17) is 4.74 Å². The highest BCUT2D eigenvalue weighted by atomic mass is 32.2. The minimum absolute atomic E-state index is 0.163. The van der Waals surface area contributed by atoms with E-state index in [1.165, 1.54) is 11.1 Å². The molecule has 0 atom stereocenters. The van der Waals surface area contributed by atoms with Gasteiger partial charge in [0.25, 0.3) is 0 Å². The van der Waals surface area contributed by atoms with Crippen molar-refractivity contribution in [1.29, 1.82) is 0 Å². The van der Waals surface area contributed by atoms with Gasteiger partial charge in [0.2, 0.25) is 0 Å². The maximum Gasteiger partial charge on any atom is 0.172 e. The molecule has 21 heavy (non-hydrogen) atoms. The zero-order valence-electron chi connectivity index (χ0n) is 12.5. The van der Waals surface area contributed by atoms with Gasteiger partial charge in [-0.3, -0.25) is 4.79 Å². The zero-order chi connectivity index (χ0) is 15.1. The third kappa shape index (κ3) is 4.94. The van der Waals surface area contributed by atoms with Gasteiger partial charge in [-0.05, 0) is 43.7 Å². The van der Waals surface area contributed by atoms with Crippen LogP contribution in [0.4, 0.5) is 0 Å². The molecule has 0 spiro atoms. The lowest BCUT2D eigenvalue weighted by atomic mass is 10.1. The molecular weight excluding hydrogens is 280 g/mol. The summed E-state index contributed by atoms with van der Waals surface area (Å²) in [4.78, 5) is 12.1. The molecule has 0 aliphatic rings. The van der Waals surface area contributed by atoms with Crippen LogP contribution in [0.25, 0.3) is 0 Å². The molecule has 0 saturated carbocycles. The van der Waals surface area contributed by atoms with Crippen molar-refractivity contribution in [2.45, 2.75) is 19.6 Å². The molecule has 2 rings (SSSR count). The first-order chi connectivity index (χ1) is 10.2. The van der Waals surface area contributed by atoms with Gasteiger partial charge in [-0.25, -0.2) is 0 Å². The molecule has 0 aliphatic carbocycles. The topological polar surface area (TPSA) is 26.3 Å². The summed E-state index contributed by atoms with van der Waals surface area (Å²) in [6, 6.07) is 15.8. The number of hydrogen-bond donors (Lipinski definition) is 0. The van der Waals surface area contributed by atoms with E-state index in [-0.39, 0.29) is 5.78 Å². The Morgan fingerprint density at radius 2 is 1.90 bits per heavy atom. The van der Waals surface area contributed by atoms with Gasteiger partial charge in [0, 0.05) is 11.3 Å². The fourth-order valence-corrected chi connectivity index (χ4v) is 2.92. The predicted molar refractivity (Wildman–Crippen MR) is 89.3 cm³/mol. The summed E-state index contributed by atoms with van der Waals surface area (Å²) in [5, 5.41) is 0. The van der Waals surface area contributed by atoms with Crippen LogP contribution in [0.3, 0.4) is 0 Å². The summed E-state index contributed by atoms with van der Waals surface area (Å²) in [5.41, 5.74) is 3.26. The average molecular weight is 300 g/mol. The van der Waals surface area contributed by atoms with Crippen LogP contribution in [0.5, 0.6) is 5.75 Å². The van der Waals surface area contributed by atoms with Crippen LogP contribution in [0.1, 0.15) is 28.4 Å². The number of aryl methyl sites for hydroxylation is 1. The van der Waals surface area contributed by atoms with Gasteiger partial charge in [0.1, 0.15) is 5.75 Å². The van der Waals surface area contributed by atoms with Crippen LogP contribution >= 0.6 is 11.8 Å². The van der Waals surface area contributed by atoms with E-state index >= 15 is 0 Å². The van der Waals surface area contributed by atoms with Gasteiger partial charge in [-0.2, -0.15) is 0 Å². The van der Waals surface area contributed by atoms with Crippen LogP contribution in [0.2, 0.25) is 0 Å². The molecule has 110 valence electrons. The summed E-state index contributed by atoms with van der Waals surface area (Å²) in [6.45, 7) is 4.67. The van der Waals surface area contributed by atoms with Crippen LogP contribution in [-0.4, -0.2) is 18.1 Å². The Bertz CT molecular complexity index is 590. The number of Topliss-reactive ketones (excluding diaryl/α,β-unsaturated/α-hetero) is 1. The Hall–Kier alpha value is -1.74. The first kappa shape index (κ1) is 15.6. The number of hydrogen-bond acceptors (Lipinski definition) is 3. The molecule has 0 fully saturated rings. The summed E-state index contributed by atoms with van der Waals surface area (Å²) >= 11 is 1.65. The number of ketones is 1. The predicted octanol–water partition coefficient (Wildman–Crippen LogP) is 4.51. The second-order valence-corrected chi connectivity index (χ2v) is 5.85. The molecule has 0 N–H and O–H groups in total. The highest BCUT2D eigenvalue weighted by Crippen LogP contribution is 2.17. The monoisotopic (exact) mass is 300 g/mol. The lowest BCUT2D eigenvalue weighted by Crippen LogP contribution is -2.03. The molecule has 2 aromatic carbocycles. The van der Waals surface area contributed by atoms with Crippen molar-refractivity contribution >= 4 is 17.5 Å². The van der Waals surface area contributed by atoms with Crippen molar-refractivity contribution in [2.75, 3.05) is 12.4 Å². The molecule has 0 aromatic heterocycles. The van der Waals surface area contributed by atoms with Crippen molar-refractivity contribution in [3.8, 4) is 5.75 Å². The molecule has 0 radical (unpaired) electrons. The molecule has 2 nitrogen and oxygen atoms in total. The van der Waals surface area contributed by atoms with E-state index < -0.39 is 0 Å². The lowest BCUT2D eigenvalue weighted by Gasteiger charge is -2.05. The number of benzene rings is 2. The maximum absolute atomic E-state index is 12.1. The van der Waals surface area contributed by atoms with Gasteiger partial charge < -0.3 is 4.74 Å². The summed E-state index contributed by atoms with van der Waals surface area (Å²) in [6.07, 6.45) is 0.